The Bertz CT molecular complexity index is 574. The number of hydrogen-bond acceptors (Lipinski definition) is 1. The molecule has 1 atom stereocenters. The van der Waals surface area contributed by atoms with Gasteiger partial charge in [-0.1, -0.05) is 39.7 Å². The first kappa shape index (κ1) is 14.5. The van der Waals surface area contributed by atoms with Crippen LogP contribution < -0.4 is 5.32 Å². The zero-order valence-corrected chi connectivity index (χ0v) is 12.8. The quantitative estimate of drug-likeness (QED) is 0.846. The smallest absolute Gasteiger partial charge is 0.123 e. The Kier molecular flexibility index (Phi) is 4.97. The fourth-order valence-electron chi connectivity index (χ4n) is 2.03. The van der Waals surface area contributed by atoms with E-state index in [1.807, 2.05) is 31.3 Å². The molecule has 1 nitrogen and oxygen atoms in total. The van der Waals surface area contributed by atoms with Crippen LogP contribution in [0.5, 0.6) is 0 Å². The molecule has 0 saturated heterocycles. The molecule has 0 spiro atoms. The second-order valence-electron chi connectivity index (χ2n) is 4.34. The van der Waals surface area contributed by atoms with E-state index in [-0.39, 0.29) is 11.9 Å². The Morgan fingerprint density at radius 2 is 2.05 bits per heavy atom. The van der Waals surface area contributed by atoms with Gasteiger partial charge in [0.25, 0.3) is 0 Å². The van der Waals surface area contributed by atoms with E-state index in [0.717, 1.165) is 15.6 Å². The van der Waals surface area contributed by atoms with Crippen LogP contribution in [0.1, 0.15) is 17.2 Å². The summed E-state index contributed by atoms with van der Waals surface area (Å²) in [5, 5.41) is 3.94. The largest absolute Gasteiger partial charge is 0.313 e. The van der Waals surface area contributed by atoms with Crippen LogP contribution in [0.4, 0.5) is 4.39 Å². The molecule has 0 aliphatic heterocycles. The maximum absolute atomic E-state index is 13.3. The molecule has 0 heterocycles. The highest BCUT2D eigenvalue weighted by Gasteiger charge is 2.13. The number of likely N-dealkylation sites (N-methyl/N-ethyl adjacent to an activating group) is 1. The highest BCUT2D eigenvalue weighted by molar-refractivity contribution is 9.10. The molecule has 1 N–H and O–H groups in total. The maximum atomic E-state index is 13.3. The summed E-state index contributed by atoms with van der Waals surface area (Å²) in [6, 6.07) is 12.5. The van der Waals surface area contributed by atoms with E-state index in [4.69, 9.17) is 11.6 Å². The number of nitrogens with one attached hydrogen (secondary N) is 1. The third-order valence-electron chi connectivity index (χ3n) is 3.03. The first-order valence-corrected chi connectivity index (χ1v) is 7.14. The van der Waals surface area contributed by atoms with E-state index in [9.17, 15) is 4.39 Å². The van der Waals surface area contributed by atoms with Gasteiger partial charge in [0, 0.05) is 15.5 Å². The highest BCUT2D eigenvalue weighted by atomic mass is 79.9. The van der Waals surface area contributed by atoms with Crippen LogP contribution in [0, 0.1) is 5.82 Å². The van der Waals surface area contributed by atoms with E-state index in [2.05, 4.69) is 21.2 Å². The van der Waals surface area contributed by atoms with Crippen molar-refractivity contribution in [1.29, 1.82) is 0 Å². The van der Waals surface area contributed by atoms with Crippen LogP contribution in [0.3, 0.4) is 0 Å². The van der Waals surface area contributed by atoms with Crippen molar-refractivity contribution in [2.75, 3.05) is 7.05 Å². The predicted molar refractivity (Wildman–Crippen MR) is 81.1 cm³/mol. The van der Waals surface area contributed by atoms with Crippen LogP contribution in [-0.4, -0.2) is 7.05 Å². The van der Waals surface area contributed by atoms with Crippen molar-refractivity contribution in [3.8, 4) is 0 Å². The third kappa shape index (κ3) is 3.78. The van der Waals surface area contributed by atoms with Gasteiger partial charge in [0.15, 0.2) is 0 Å². The lowest BCUT2D eigenvalue weighted by atomic mass is 9.99. The molecule has 0 fully saturated rings. The monoisotopic (exact) mass is 341 g/mol. The summed E-state index contributed by atoms with van der Waals surface area (Å²) in [5.74, 6) is -0.223. The fraction of sp³-hybridized carbons (Fsp3) is 0.200. The van der Waals surface area contributed by atoms with Crippen molar-refractivity contribution < 1.29 is 4.39 Å². The summed E-state index contributed by atoms with van der Waals surface area (Å²) >= 11 is 9.46. The number of hydrogen-bond donors (Lipinski definition) is 1. The standard InChI is InChI=1S/C15H14BrClFN/c1-19-15(10-3-2-4-12(17)7-10)9-11-8-13(18)5-6-14(11)16/h2-8,15,19H,9H2,1H3. The summed E-state index contributed by atoms with van der Waals surface area (Å²) in [5.41, 5.74) is 2.02. The van der Waals surface area contributed by atoms with Crippen LogP contribution in [0.2, 0.25) is 5.02 Å². The summed E-state index contributed by atoms with van der Waals surface area (Å²) in [7, 11) is 1.89. The third-order valence-corrected chi connectivity index (χ3v) is 4.04. The van der Waals surface area contributed by atoms with E-state index in [1.165, 1.54) is 6.07 Å². The lowest BCUT2D eigenvalue weighted by molar-refractivity contribution is 0.583. The molecule has 0 aliphatic carbocycles. The SMILES string of the molecule is CNC(Cc1cc(F)ccc1Br)c1cccc(Cl)c1. The van der Waals surface area contributed by atoms with Crippen molar-refractivity contribution in [3.05, 3.63) is 68.9 Å². The number of halogens is 3. The topological polar surface area (TPSA) is 12.0 Å². The first-order valence-electron chi connectivity index (χ1n) is 5.97. The van der Waals surface area contributed by atoms with Gasteiger partial charge in [0.2, 0.25) is 0 Å². The molecule has 0 saturated carbocycles. The lowest BCUT2D eigenvalue weighted by Gasteiger charge is -2.18. The Morgan fingerprint density at radius 1 is 1.26 bits per heavy atom. The Morgan fingerprint density at radius 3 is 2.74 bits per heavy atom. The molecule has 0 radical (unpaired) electrons. The van der Waals surface area contributed by atoms with Gasteiger partial charge in [-0.15, -0.1) is 0 Å². The van der Waals surface area contributed by atoms with E-state index < -0.39 is 0 Å². The maximum Gasteiger partial charge on any atom is 0.123 e. The molecule has 100 valence electrons. The summed E-state index contributed by atoms with van der Waals surface area (Å²) in [6.45, 7) is 0. The summed E-state index contributed by atoms with van der Waals surface area (Å²) in [4.78, 5) is 0. The van der Waals surface area contributed by atoms with Gasteiger partial charge < -0.3 is 5.32 Å². The van der Waals surface area contributed by atoms with E-state index in [0.29, 0.717) is 11.4 Å². The molecular weight excluding hydrogens is 329 g/mol. The Balaban J connectivity index is 2.26. The van der Waals surface area contributed by atoms with Crippen molar-refractivity contribution in [1.82, 2.24) is 5.32 Å². The lowest BCUT2D eigenvalue weighted by Crippen LogP contribution is -2.19. The Hall–Kier alpha value is -0.900. The molecule has 2 aromatic rings. The minimum absolute atomic E-state index is 0.0943. The minimum Gasteiger partial charge on any atom is -0.313 e. The van der Waals surface area contributed by atoms with Gasteiger partial charge in [0.1, 0.15) is 5.82 Å². The molecule has 0 aromatic heterocycles. The predicted octanol–water partition coefficient (Wildman–Crippen LogP) is 4.74. The molecule has 19 heavy (non-hydrogen) atoms. The van der Waals surface area contributed by atoms with Crippen molar-refractivity contribution >= 4 is 27.5 Å². The van der Waals surface area contributed by atoms with Crippen molar-refractivity contribution in [3.63, 3.8) is 0 Å². The molecule has 0 amide bonds. The second kappa shape index (κ2) is 6.51. The molecule has 2 aromatic carbocycles. The number of benzene rings is 2. The highest BCUT2D eigenvalue weighted by Crippen LogP contribution is 2.25. The second-order valence-corrected chi connectivity index (χ2v) is 5.63. The average molecular weight is 343 g/mol. The van der Waals surface area contributed by atoms with Crippen molar-refractivity contribution in [2.24, 2.45) is 0 Å². The van der Waals surface area contributed by atoms with E-state index >= 15 is 0 Å². The van der Waals surface area contributed by atoms with Crippen molar-refractivity contribution in [2.45, 2.75) is 12.5 Å². The van der Waals surface area contributed by atoms with Gasteiger partial charge in [-0.3, -0.25) is 0 Å². The van der Waals surface area contributed by atoms with Gasteiger partial charge in [-0.05, 0) is 54.9 Å². The first-order chi connectivity index (χ1) is 9.10. The molecule has 0 bridgehead atoms. The Labute approximate surface area is 125 Å². The molecule has 1 unspecified atom stereocenters. The van der Waals surface area contributed by atoms with Gasteiger partial charge in [-0.2, -0.15) is 0 Å². The van der Waals surface area contributed by atoms with Gasteiger partial charge >= 0.3 is 0 Å². The average Bonchev–Trinajstić information content (AvgIpc) is 2.39. The fourth-order valence-corrected chi connectivity index (χ4v) is 2.64. The zero-order chi connectivity index (χ0) is 13.8. The number of rotatable bonds is 4. The van der Waals surface area contributed by atoms with Crippen LogP contribution in [-0.2, 0) is 6.42 Å². The summed E-state index contributed by atoms with van der Waals surface area (Å²) < 4.78 is 14.2. The van der Waals surface area contributed by atoms with E-state index in [1.54, 1.807) is 12.1 Å². The van der Waals surface area contributed by atoms with Crippen LogP contribution in [0.15, 0.2) is 46.9 Å². The van der Waals surface area contributed by atoms with Crippen LogP contribution >= 0.6 is 27.5 Å². The minimum atomic E-state index is -0.223. The van der Waals surface area contributed by atoms with Gasteiger partial charge in [-0.25, -0.2) is 4.39 Å². The normalized spacial score (nSPS) is 12.4. The molecule has 2 rings (SSSR count). The zero-order valence-electron chi connectivity index (χ0n) is 10.5. The molecule has 0 aliphatic rings. The van der Waals surface area contributed by atoms with Crippen LogP contribution in [0.25, 0.3) is 0 Å². The molecular formula is C15H14BrClFN. The summed E-state index contributed by atoms with van der Waals surface area (Å²) in [6.07, 6.45) is 0.690. The van der Waals surface area contributed by atoms with Gasteiger partial charge in [0.05, 0.1) is 0 Å². The molecule has 4 heteroatoms.